The van der Waals surface area contributed by atoms with E-state index in [2.05, 4.69) is 5.32 Å². The summed E-state index contributed by atoms with van der Waals surface area (Å²) >= 11 is 0. The van der Waals surface area contributed by atoms with E-state index in [0.29, 0.717) is 0 Å². The van der Waals surface area contributed by atoms with Gasteiger partial charge in [0.05, 0.1) is 0 Å². The molecule has 1 aliphatic rings. The predicted octanol–water partition coefficient (Wildman–Crippen LogP) is 0.0932. The summed E-state index contributed by atoms with van der Waals surface area (Å²) in [6.07, 6.45) is 3.24. The van der Waals surface area contributed by atoms with Gasteiger partial charge in [-0.25, -0.2) is 4.79 Å². The van der Waals surface area contributed by atoms with Crippen molar-refractivity contribution in [1.29, 1.82) is 0 Å². The van der Waals surface area contributed by atoms with E-state index in [9.17, 15) is 9.59 Å². The largest absolute Gasteiger partial charge is 0.480 e. The summed E-state index contributed by atoms with van der Waals surface area (Å²) in [6.45, 7) is 1.34. The summed E-state index contributed by atoms with van der Waals surface area (Å²) in [5, 5.41) is 11.5. The van der Waals surface area contributed by atoms with Gasteiger partial charge in [-0.2, -0.15) is 0 Å². The summed E-state index contributed by atoms with van der Waals surface area (Å²) in [5.74, 6) is -1.23. The van der Waals surface area contributed by atoms with E-state index < -0.39 is 12.0 Å². The number of nitrogens with two attached hydrogens (primary N) is 1. The van der Waals surface area contributed by atoms with Gasteiger partial charge in [-0.1, -0.05) is 0 Å². The molecule has 0 bridgehead atoms. The van der Waals surface area contributed by atoms with Crippen LogP contribution in [0.5, 0.6) is 0 Å². The molecule has 1 saturated carbocycles. The average Bonchev–Trinajstić information content (AvgIpc) is 2.15. The van der Waals surface area contributed by atoms with Crippen molar-refractivity contribution in [3.63, 3.8) is 0 Å². The quantitative estimate of drug-likeness (QED) is 0.621. The molecule has 0 aromatic heterocycles. The van der Waals surface area contributed by atoms with Crippen LogP contribution < -0.4 is 11.1 Å². The lowest BCUT2D eigenvalue weighted by Gasteiger charge is -2.30. The van der Waals surface area contributed by atoms with Crippen molar-refractivity contribution >= 4 is 11.9 Å². The first kappa shape index (κ1) is 12.0. The van der Waals surface area contributed by atoms with Crippen molar-refractivity contribution in [2.45, 2.75) is 44.7 Å². The monoisotopic (exact) mass is 214 g/mol. The minimum atomic E-state index is -0.953. The van der Waals surface area contributed by atoms with Crippen LogP contribution in [0, 0.1) is 5.92 Å². The highest BCUT2D eigenvalue weighted by Crippen LogP contribution is 2.26. The third kappa shape index (κ3) is 3.51. The lowest BCUT2D eigenvalue weighted by Crippen LogP contribution is -2.47. The number of aliphatic carboxylic acids is 1. The van der Waals surface area contributed by atoms with Crippen LogP contribution in [-0.4, -0.2) is 29.1 Å². The molecule has 0 radical (unpaired) electrons. The van der Waals surface area contributed by atoms with Crippen LogP contribution in [0.4, 0.5) is 0 Å². The second kappa shape index (κ2) is 5.11. The van der Waals surface area contributed by atoms with E-state index >= 15 is 0 Å². The first-order valence-corrected chi connectivity index (χ1v) is 5.26. The molecule has 1 aliphatic carbocycles. The van der Waals surface area contributed by atoms with Crippen LogP contribution in [0.3, 0.4) is 0 Å². The molecule has 86 valence electrons. The fraction of sp³-hybridized carbons (Fsp3) is 0.800. The molecule has 5 nitrogen and oxygen atoms in total. The Kier molecular flexibility index (Phi) is 4.08. The zero-order valence-electron chi connectivity index (χ0n) is 8.90. The highest BCUT2D eigenvalue weighted by molar-refractivity contribution is 5.82. The molecule has 0 aromatic carbocycles. The molecule has 0 aromatic rings. The molecular weight excluding hydrogens is 196 g/mol. The van der Waals surface area contributed by atoms with E-state index in [1.165, 1.54) is 6.92 Å². The van der Waals surface area contributed by atoms with Crippen molar-refractivity contribution in [2.24, 2.45) is 11.7 Å². The number of carbonyl (C=O) groups excluding carboxylic acids is 1. The van der Waals surface area contributed by atoms with Crippen molar-refractivity contribution in [3.8, 4) is 0 Å². The maximum absolute atomic E-state index is 11.0. The number of carboxylic acids is 1. The second-order valence-corrected chi connectivity index (χ2v) is 4.19. The van der Waals surface area contributed by atoms with Crippen LogP contribution in [0.1, 0.15) is 32.6 Å². The van der Waals surface area contributed by atoms with E-state index in [0.717, 1.165) is 25.7 Å². The molecule has 1 amide bonds. The van der Waals surface area contributed by atoms with Gasteiger partial charge in [0.25, 0.3) is 0 Å². The lowest BCUT2D eigenvalue weighted by molar-refractivity contribution is -0.143. The topological polar surface area (TPSA) is 92.4 Å². The van der Waals surface area contributed by atoms with Crippen LogP contribution in [0.25, 0.3) is 0 Å². The van der Waals surface area contributed by atoms with E-state index in [-0.39, 0.29) is 17.9 Å². The third-order valence-electron chi connectivity index (χ3n) is 2.91. The molecule has 1 unspecified atom stereocenters. The van der Waals surface area contributed by atoms with Gasteiger partial charge < -0.3 is 16.2 Å². The molecule has 15 heavy (non-hydrogen) atoms. The Labute approximate surface area is 89.0 Å². The van der Waals surface area contributed by atoms with Gasteiger partial charge >= 0.3 is 5.97 Å². The van der Waals surface area contributed by atoms with Gasteiger partial charge in [-0.3, -0.25) is 4.79 Å². The zero-order chi connectivity index (χ0) is 11.4. The standard InChI is InChI=1S/C10H18N2O3/c1-6(13)12-9(10(14)15)7-2-4-8(11)5-3-7/h7-9H,2-5,11H2,1H3,(H,12,13)(H,14,15). The Morgan fingerprint density at radius 1 is 1.33 bits per heavy atom. The lowest BCUT2D eigenvalue weighted by atomic mass is 9.82. The highest BCUT2D eigenvalue weighted by atomic mass is 16.4. The smallest absolute Gasteiger partial charge is 0.326 e. The Morgan fingerprint density at radius 2 is 1.87 bits per heavy atom. The summed E-state index contributed by atoms with van der Waals surface area (Å²) in [5.41, 5.74) is 5.74. The Morgan fingerprint density at radius 3 is 2.27 bits per heavy atom. The number of carboxylic acid groups (broad SMARTS) is 1. The molecule has 1 rings (SSSR count). The minimum Gasteiger partial charge on any atom is -0.480 e. The molecule has 0 spiro atoms. The van der Waals surface area contributed by atoms with Crippen molar-refractivity contribution in [1.82, 2.24) is 5.32 Å². The number of rotatable bonds is 3. The average molecular weight is 214 g/mol. The van der Waals surface area contributed by atoms with Crippen molar-refractivity contribution < 1.29 is 14.7 Å². The summed E-state index contributed by atoms with van der Waals surface area (Å²) in [7, 11) is 0. The van der Waals surface area contributed by atoms with Crippen molar-refractivity contribution in [2.75, 3.05) is 0 Å². The summed E-state index contributed by atoms with van der Waals surface area (Å²) < 4.78 is 0. The third-order valence-corrected chi connectivity index (χ3v) is 2.91. The Balaban J connectivity index is 2.56. The van der Waals surface area contributed by atoms with Crippen LogP contribution >= 0.6 is 0 Å². The highest BCUT2D eigenvalue weighted by Gasteiger charge is 2.31. The van der Waals surface area contributed by atoms with Crippen LogP contribution in [-0.2, 0) is 9.59 Å². The molecule has 0 saturated heterocycles. The maximum Gasteiger partial charge on any atom is 0.326 e. The van der Waals surface area contributed by atoms with E-state index in [1.54, 1.807) is 0 Å². The van der Waals surface area contributed by atoms with Gasteiger partial charge in [0, 0.05) is 13.0 Å². The number of carbonyl (C=O) groups is 2. The fourth-order valence-electron chi connectivity index (χ4n) is 2.08. The first-order chi connectivity index (χ1) is 7.00. The van der Waals surface area contributed by atoms with E-state index in [4.69, 9.17) is 10.8 Å². The molecule has 1 fully saturated rings. The van der Waals surface area contributed by atoms with Crippen LogP contribution in [0.15, 0.2) is 0 Å². The van der Waals surface area contributed by atoms with Gasteiger partial charge in [-0.15, -0.1) is 0 Å². The second-order valence-electron chi connectivity index (χ2n) is 4.19. The summed E-state index contributed by atoms with van der Waals surface area (Å²) in [6, 6.07) is -0.567. The number of amides is 1. The number of hydrogen-bond acceptors (Lipinski definition) is 3. The van der Waals surface area contributed by atoms with Crippen molar-refractivity contribution in [3.05, 3.63) is 0 Å². The molecular formula is C10H18N2O3. The summed E-state index contributed by atoms with van der Waals surface area (Å²) in [4.78, 5) is 21.8. The molecule has 0 aliphatic heterocycles. The minimum absolute atomic E-state index is 0.0196. The number of nitrogens with one attached hydrogen (secondary N) is 1. The van der Waals surface area contributed by atoms with Crippen LogP contribution in [0.2, 0.25) is 0 Å². The van der Waals surface area contributed by atoms with Gasteiger partial charge in [0.2, 0.25) is 5.91 Å². The molecule has 0 heterocycles. The predicted molar refractivity (Wildman–Crippen MR) is 55.2 cm³/mol. The van der Waals surface area contributed by atoms with Gasteiger partial charge in [0.15, 0.2) is 0 Å². The normalized spacial score (nSPS) is 28.1. The van der Waals surface area contributed by atoms with Gasteiger partial charge in [-0.05, 0) is 31.6 Å². The maximum atomic E-state index is 11.0. The zero-order valence-corrected chi connectivity index (χ0v) is 8.90. The SMILES string of the molecule is CC(=O)NC(C(=O)O)C1CCC(N)CC1. The first-order valence-electron chi connectivity index (χ1n) is 5.26. The molecule has 1 atom stereocenters. The Bertz CT molecular complexity index is 247. The van der Waals surface area contributed by atoms with E-state index in [1.807, 2.05) is 0 Å². The number of hydrogen-bond donors (Lipinski definition) is 3. The fourth-order valence-corrected chi connectivity index (χ4v) is 2.08. The molecule has 4 N–H and O–H groups in total. The molecule has 5 heteroatoms. The Hall–Kier alpha value is -1.10. The van der Waals surface area contributed by atoms with Gasteiger partial charge in [0.1, 0.15) is 6.04 Å².